The van der Waals surface area contributed by atoms with E-state index in [4.69, 9.17) is 0 Å². The van der Waals surface area contributed by atoms with Crippen LogP contribution in [-0.2, 0) is 18.3 Å². The highest BCUT2D eigenvalue weighted by molar-refractivity contribution is 7.80. The lowest BCUT2D eigenvalue weighted by Gasteiger charge is -2.22. The van der Waals surface area contributed by atoms with Crippen LogP contribution in [0.4, 0.5) is 0 Å². The summed E-state index contributed by atoms with van der Waals surface area (Å²) in [6, 6.07) is 50.0. The summed E-state index contributed by atoms with van der Waals surface area (Å²) in [5.41, 5.74) is 18.3. The van der Waals surface area contributed by atoms with E-state index in [1.54, 1.807) is 0 Å². The Morgan fingerprint density at radius 3 is 1.11 bits per heavy atom. The first-order valence-corrected chi connectivity index (χ1v) is 18.1. The molecule has 0 fully saturated rings. The molecule has 6 aromatic rings. The van der Waals surface area contributed by atoms with Crippen LogP contribution in [0.2, 0.25) is 0 Å². The molecule has 0 radical (unpaired) electrons. The first-order valence-electron chi connectivity index (χ1n) is 16.9. The summed E-state index contributed by atoms with van der Waals surface area (Å²) >= 11 is 8.77. The van der Waals surface area contributed by atoms with Gasteiger partial charge >= 0.3 is 0 Å². The third-order valence-electron chi connectivity index (χ3n) is 9.88. The lowest BCUT2D eigenvalue weighted by Crippen LogP contribution is -2.15. The molecule has 47 heavy (non-hydrogen) atoms. The van der Waals surface area contributed by atoms with Gasteiger partial charge in [0.1, 0.15) is 0 Å². The van der Waals surface area contributed by atoms with Crippen LogP contribution in [0.1, 0.15) is 48.9 Å². The monoisotopic (exact) mass is 646 g/mol. The smallest absolute Gasteiger partial charge is 0.0159 e. The minimum absolute atomic E-state index is 0.0858. The van der Waals surface area contributed by atoms with E-state index in [1.165, 1.54) is 77.9 Å². The highest BCUT2D eigenvalue weighted by atomic mass is 32.1. The lowest BCUT2D eigenvalue weighted by atomic mass is 9.80. The third-order valence-corrected chi connectivity index (χ3v) is 10.5. The van der Waals surface area contributed by atoms with Crippen molar-refractivity contribution < 1.29 is 0 Å². The molecule has 2 heteroatoms. The maximum Gasteiger partial charge on any atom is 0.0159 e. The first-order chi connectivity index (χ1) is 22.9. The zero-order valence-electron chi connectivity index (χ0n) is 27.3. The summed E-state index contributed by atoms with van der Waals surface area (Å²) in [6.07, 6.45) is 4.35. The van der Waals surface area contributed by atoms with E-state index in [1.807, 2.05) is 0 Å². The van der Waals surface area contributed by atoms with Gasteiger partial charge in [0.05, 0.1) is 0 Å². The molecule has 7 rings (SSSR count). The number of aryl methyl sites for hydroxylation is 2. The Labute approximate surface area is 291 Å². The SMILES string of the molecule is CC1(C)c2cc(-c3ccc(-c4cccc(CCCS)c4)cc3)ccc2-c2ccc(-c3ccc(-c4cccc(CCCS)c4)cc3)cc21. The Hall–Kier alpha value is -3.98. The second kappa shape index (κ2) is 13.6. The van der Waals surface area contributed by atoms with Gasteiger partial charge in [-0.1, -0.05) is 135 Å². The van der Waals surface area contributed by atoms with E-state index in [0.29, 0.717) is 0 Å². The van der Waals surface area contributed by atoms with Crippen LogP contribution in [0.3, 0.4) is 0 Å². The Bertz CT molecular complexity index is 1870. The van der Waals surface area contributed by atoms with Gasteiger partial charge in [0.15, 0.2) is 0 Å². The van der Waals surface area contributed by atoms with Crippen LogP contribution < -0.4 is 0 Å². The molecule has 0 spiro atoms. The topological polar surface area (TPSA) is 0 Å². The lowest BCUT2D eigenvalue weighted by molar-refractivity contribution is 0.661. The fourth-order valence-electron chi connectivity index (χ4n) is 7.19. The maximum atomic E-state index is 4.38. The predicted molar refractivity (Wildman–Crippen MR) is 210 cm³/mol. The Balaban J connectivity index is 1.12. The van der Waals surface area contributed by atoms with Gasteiger partial charge in [0, 0.05) is 5.41 Å². The van der Waals surface area contributed by atoms with Crippen molar-refractivity contribution in [3.05, 3.63) is 156 Å². The average molecular weight is 647 g/mol. The van der Waals surface area contributed by atoms with Crippen LogP contribution in [0.5, 0.6) is 0 Å². The number of thiol groups is 2. The van der Waals surface area contributed by atoms with Gasteiger partial charge in [0.2, 0.25) is 0 Å². The van der Waals surface area contributed by atoms with Gasteiger partial charge in [0.25, 0.3) is 0 Å². The zero-order chi connectivity index (χ0) is 32.4. The molecule has 6 aromatic carbocycles. The molecule has 0 unspecified atom stereocenters. The second-order valence-electron chi connectivity index (χ2n) is 13.4. The Morgan fingerprint density at radius 2 is 0.745 bits per heavy atom. The van der Waals surface area contributed by atoms with E-state index in [2.05, 4.69) is 173 Å². The van der Waals surface area contributed by atoms with Crippen molar-refractivity contribution in [2.75, 3.05) is 11.5 Å². The van der Waals surface area contributed by atoms with E-state index in [-0.39, 0.29) is 5.41 Å². The highest BCUT2D eigenvalue weighted by Gasteiger charge is 2.35. The standard InChI is InChI=1S/C45H42S2/c1-45(2)43-29-39(35-17-13-33(14-18-35)37-11-3-7-31(27-37)9-5-25-46)21-23-41(43)42-24-22-40(30-44(42)45)36-19-15-34(16-20-36)38-12-4-8-32(28-38)10-6-26-47/h3-4,7-8,11-24,27-30,46-47H,5-6,9-10,25-26H2,1-2H3. The number of fused-ring (bicyclic) bond motifs is 3. The van der Waals surface area contributed by atoms with Crippen molar-refractivity contribution in [3.8, 4) is 55.6 Å². The predicted octanol–water partition coefficient (Wildman–Crippen LogP) is 12.4. The summed E-state index contributed by atoms with van der Waals surface area (Å²) in [4.78, 5) is 0. The zero-order valence-corrected chi connectivity index (χ0v) is 29.1. The van der Waals surface area contributed by atoms with Crippen molar-refractivity contribution in [2.24, 2.45) is 0 Å². The van der Waals surface area contributed by atoms with Gasteiger partial charge in [-0.25, -0.2) is 0 Å². The van der Waals surface area contributed by atoms with Crippen LogP contribution in [0.25, 0.3) is 55.6 Å². The van der Waals surface area contributed by atoms with Crippen molar-refractivity contribution in [3.63, 3.8) is 0 Å². The molecule has 0 saturated heterocycles. The summed E-state index contributed by atoms with van der Waals surface area (Å²) in [5, 5.41) is 0. The molecule has 0 saturated carbocycles. The largest absolute Gasteiger partial charge is 0.179 e. The fourth-order valence-corrected chi connectivity index (χ4v) is 7.50. The average Bonchev–Trinajstić information content (AvgIpc) is 3.35. The first kappa shape index (κ1) is 31.6. The summed E-state index contributed by atoms with van der Waals surface area (Å²) < 4.78 is 0. The van der Waals surface area contributed by atoms with Crippen molar-refractivity contribution in [1.82, 2.24) is 0 Å². The van der Waals surface area contributed by atoms with Crippen molar-refractivity contribution in [2.45, 2.75) is 44.9 Å². The summed E-state index contributed by atoms with van der Waals surface area (Å²) in [5.74, 6) is 1.84. The van der Waals surface area contributed by atoms with Gasteiger partial charge < -0.3 is 0 Å². The Kier molecular flexibility index (Phi) is 9.17. The second-order valence-corrected chi connectivity index (χ2v) is 14.2. The minimum Gasteiger partial charge on any atom is -0.179 e. The van der Waals surface area contributed by atoms with Gasteiger partial charge in [-0.05, 0) is 127 Å². The molecule has 0 atom stereocenters. The number of hydrogen-bond acceptors (Lipinski definition) is 2. The number of hydrogen-bond donors (Lipinski definition) is 2. The van der Waals surface area contributed by atoms with E-state index >= 15 is 0 Å². The van der Waals surface area contributed by atoms with Gasteiger partial charge in [-0.3, -0.25) is 0 Å². The molecule has 0 amide bonds. The maximum absolute atomic E-state index is 4.38. The normalized spacial score (nSPS) is 12.9. The molecule has 1 aliphatic carbocycles. The molecule has 0 N–H and O–H groups in total. The molecule has 1 aliphatic rings. The van der Waals surface area contributed by atoms with Crippen molar-refractivity contribution >= 4 is 25.3 Å². The third kappa shape index (κ3) is 6.47. The van der Waals surface area contributed by atoms with E-state index < -0.39 is 0 Å². The minimum atomic E-state index is -0.0858. The molecule has 0 aliphatic heterocycles. The van der Waals surface area contributed by atoms with Gasteiger partial charge in [-0.15, -0.1) is 0 Å². The summed E-state index contributed by atoms with van der Waals surface area (Å²) in [6.45, 7) is 4.75. The van der Waals surface area contributed by atoms with Crippen LogP contribution in [0, 0.1) is 0 Å². The number of benzene rings is 6. The molecule has 0 nitrogen and oxygen atoms in total. The fraction of sp³-hybridized carbons (Fsp3) is 0.200. The quantitative estimate of drug-likeness (QED) is 0.136. The molecule has 0 bridgehead atoms. The summed E-state index contributed by atoms with van der Waals surface area (Å²) in [7, 11) is 0. The molecular weight excluding hydrogens is 605 g/mol. The molecule has 0 heterocycles. The molecular formula is C45H42S2. The number of rotatable bonds is 10. The van der Waals surface area contributed by atoms with Crippen LogP contribution in [-0.4, -0.2) is 11.5 Å². The van der Waals surface area contributed by atoms with Gasteiger partial charge in [-0.2, -0.15) is 25.3 Å². The van der Waals surface area contributed by atoms with E-state index in [9.17, 15) is 0 Å². The molecule has 0 aromatic heterocycles. The van der Waals surface area contributed by atoms with Crippen LogP contribution >= 0.6 is 25.3 Å². The Morgan fingerprint density at radius 1 is 0.404 bits per heavy atom. The van der Waals surface area contributed by atoms with Crippen molar-refractivity contribution in [1.29, 1.82) is 0 Å². The molecule has 234 valence electrons. The highest BCUT2D eigenvalue weighted by Crippen LogP contribution is 2.50. The van der Waals surface area contributed by atoms with Crippen LogP contribution in [0.15, 0.2) is 133 Å². The van der Waals surface area contributed by atoms with E-state index in [0.717, 1.165) is 37.2 Å².